The van der Waals surface area contributed by atoms with Gasteiger partial charge >= 0.3 is 0 Å². The Morgan fingerprint density at radius 2 is 1.94 bits per heavy atom. The second kappa shape index (κ2) is 9.60. The molecule has 1 fully saturated rings. The highest BCUT2D eigenvalue weighted by Crippen LogP contribution is 2.33. The van der Waals surface area contributed by atoms with Crippen LogP contribution >= 0.6 is 11.3 Å². The Hall–Kier alpha value is -3.08. The number of fused-ring (bicyclic) bond motifs is 1. The fourth-order valence-corrected chi connectivity index (χ4v) is 4.91. The van der Waals surface area contributed by atoms with Gasteiger partial charge in [0, 0.05) is 44.9 Å². The van der Waals surface area contributed by atoms with Crippen LogP contribution in [0, 0.1) is 0 Å². The number of methoxy groups -OCH3 is 1. The smallest absolute Gasteiger partial charge is 0.206 e. The quantitative estimate of drug-likeness (QED) is 0.409. The summed E-state index contributed by atoms with van der Waals surface area (Å²) in [5, 5.41) is 15.8. The SMILES string of the molecule is COCCOc1ccc(-c2nn[nH]n2)c(N2CCN(Cc3nc4ccccc4s3)CC2)c1. The number of aromatic amines is 1. The predicted octanol–water partition coefficient (Wildman–Crippen LogP) is 2.82. The Morgan fingerprint density at radius 3 is 2.72 bits per heavy atom. The number of tetrazole rings is 1. The topological polar surface area (TPSA) is 92.3 Å². The maximum absolute atomic E-state index is 5.85. The largest absolute Gasteiger partial charge is 0.491 e. The number of nitrogens with one attached hydrogen (secondary N) is 1. The highest BCUT2D eigenvalue weighted by Gasteiger charge is 2.22. The van der Waals surface area contributed by atoms with Crippen molar-refractivity contribution in [1.82, 2.24) is 30.5 Å². The van der Waals surface area contributed by atoms with Gasteiger partial charge in [-0.2, -0.15) is 5.21 Å². The normalized spacial score (nSPS) is 14.8. The van der Waals surface area contributed by atoms with E-state index in [-0.39, 0.29) is 0 Å². The molecule has 0 bridgehead atoms. The van der Waals surface area contributed by atoms with Crippen LogP contribution in [0.2, 0.25) is 0 Å². The fourth-order valence-electron chi connectivity index (χ4n) is 3.90. The summed E-state index contributed by atoms with van der Waals surface area (Å²) < 4.78 is 12.2. The van der Waals surface area contributed by atoms with Crippen molar-refractivity contribution in [2.75, 3.05) is 51.4 Å². The molecule has 0 saturated carbocycles. The van der Waals surface area contributed by atoms with Crippen LogP contribution in [0.5, 0.6) is 5.75 Å². The summed E-state index contributed by atoms with van der Waals surface area (Å²) in [5.41, 5.74) is 3.08. The van der Waals surface area contributed by atoms with E-state index < -0.39 is 0 Å². The molecule has 10 heteroatoms. The molecule has 5 rings (SSSR count). The number of rotatable bonds is 8. The Balaban J connectivity index is 1.29. The van der Waals surface area contributed by atoms with Crippen molar-refractivity contribution < 1.29 is 9.47 Å². The van der Waals surface area contributed by atoms with E-state index in [0.29, 0.717) is 19.0 Å². The van der Waals surface area contributed by atoms with Crippen LogP contribution in [-0.2, 0) is 11.3 Å². The van der Waals surface area contributed by atoms with Gasteiger partial charge in [-0.05, 0) is 29.5 Å². The first-order chi connectivity index (χ1) is 15.8. The zero-order valence-electron chi connectivity index (χ0n) is 17.9. The van der Waals surface area contributed by atoms with Gasteiger partial charge in [0.05, 0.1) is 29.1 Å². The monoisotopic (exact) mass is 451 g/mol. The molecule has 0 atom stereocenters. The number of nitrogens with zero attached hydrogens (tertiary/aromatic N) is 6. The van der Waals surface area contributed by atoms with Crippen LogP contribution in [0.1, 0.15) is 5.01 Å². The van der Waals surface area contributed by atoms with E-state index in [9.17, 15) is 0 Å². The molecule has 0 amide bonds. The van der Waals surface area contributed by atoms with E-state index in [4.69, 9.17) is 14.5 Å². The van der Waals surface area contributed by atoms with Crippen molar-refractivity contribution in [1.29, 1.82) is 0 Å². The summed E-state index contributed by atoms with van der Waals surface area (Å²) in [4.78, 5) is 9.61. The number of anilines is 1. The average Bonchev–Trinajstić information content (AvgIpc) is 3.49. The van der Waals surface area contributed by atoms with Crippen LogP contribution in [0.4, 0.5) is 5.69 Å². The summed E-state index contributed by atoms with van der Waals surface area (Å²) in [7, 11) is 1.67. The van der Waals surface area contributed by atoms with Gasteiger partial charge in [0.1, 0.15) is 17.4 Å². The van der Waals surface area contributed by atoms with E-state index in [0.717, 1.165) is 55.2 Å². The predicted molar refractivity (Wildman–Crippen MR) is 124 cm³/mol. The number of benzene rings is 2. The lowest BCUT2D eigenvalue weighted by molar-refractivity contribution is 0.146. The number of para-hydroxylation sites is 1. The third kappa shape index (κ3) is 4.57. The summed E-state index contributed by atoms with van der Waals surface area (Å²) in [5.74, 6) is 1.39. The lowest BCUT2D eigenvalue weighted by Crippen LogP contribution is -2.46. The molecular formula is C22H25N7O2S. The summed E-state index contributed by atoms with van der Waals surface area (Å²) in [6.45, 7) is 5.64. The first-order valence-electron chi connectivity index (χ1n) is 10.6. The maximum Gasteiger partial charge on any atom is 0.206 e. The molecule has 0 radical (unpaired) electrons. The van der Waals surface area contributed by atoms with E-state index in [1.54, 1.807) is 18.4 Å². The van der Waals surface area contributed by atoms with Gasteiger partial charge in [0.15, 0.2) is 0 Å². The molecular weight excluding hydrogens is 426 g/mol. The third-order valence-electron chi connectivity index (χ3n) is 5.52. The molecule has 4 aromatic rings. The van der Waals surface area contributed by atoms with Crippen LogP contribution in [0.15, 0.2) is 42.5 Å². The van der Waals surface area contributed by atoms with Crippen LogP contribution in [0.3, 0.4) is 0 Å². The van der Waals surface area contributed by atoms with E-state index in [1.165, 1.54) is 9.71 Å². The molecule has 166 valence electrons. The van der Waals surface area contributed by atoms with Crippen LogP contribution in [0.25, 0.3) is 21.6 Å². The molecule has 2 aromatic carbocycles. The van der Waals surface area contributed by atoms with Crippen molar-refractivity contribution in [3.8, 4) is 17.1 Å². The number of piperazine rings is 1. The molecule has 32 heavy (non-hydrogen) atoms. The minimum atomic E-state index is 0.507. The average molecular weight is 452 g/mol. The molecule has 1 aliphatic rings. The van der Waals surface area contributed by atoms with Crippen molar-refractivity contribution in [3.05, 3.63) is 47.5 Å². The number of hydrogen-bond acceptors (Lipinski definition) is 9. The number of aromatic nitrogens is 5. The second-order valence-corrected chi connectivity index (χ2v) is 8.71. The highest BCUT2D eigenvalue weighted by atomic mass is 32.1. The molecule has 9 nitrogen and oxygen atoms in total. The molecule has 0 unspecified atom stereocenters. The van der Waals surface area contributed by atoms with Crippen molar-refractivity contribution >= 4 is 27.2 Å². The number of H-pyrrole nitrogens is 1. The van der Waals surface area contributed by atoms with Crippen LogP contribution in [-0.4, -0.2) is 77.0 Å². The molecule has 1 saturated heterocycles. The Bertz CT molecular complexity index is 1120. The van der Waals surface area contributed by atoms with Gasteiger partial charge in [0.25, 0.3) is 0 Å². The molecule has 1 N–H and O–H groups in total. The standard InChI is InChI=1S/C22H25N7O2S/c1-30-12-13-31-16-6-7-17(22-24-26-27-25-22)19(14-16)29-10-8-28(9-11-29)15-21-23-18-4-2-3-5-20(18)32-21/h2-7,14H,8-13,15H2,1H3,(H,24,25,26,27). The van der Waals surface area contributed by atoms with Crippen molar-refractivity contribution in [2.24, 2.45) is 0 Å². The summed E-state index contributed by atoms with van der Waals surface area (Å²) in [6, 6.07) is 14.3. The Morgan fingerprint density at radius 1 is 1.06 bits per heavy atom. The number of hydrogen-bond donors (Lipinski definition) is 1. The lowest BCUT2D eigenvalue weighted by atomic mass is 10.1. The van der Waals surface area contributed by atoms with Gasteiger partial charge in [-0.1, -0.05) is 12.1 Å². The fraction of sp³-hybridized carbons (Fsp3) is 0.364. The number of thiazole rings is 1. The highest BCUT2D eigenvalue weighted by molar-refractivity contribution is 7.18. The summed E-state index contributed by atoms with van der Waals surface area (Å²) >= 11 is 1.78. The van der Waals surface area contributed by atoms with E-state index in [1.807, 2.05) is 18.2 Å². The zero-order chi connectivity index (χ0) is 21.8. The van der Waals surface area contributed by atoms with Crippen molar-refractivity contribution in [3.63, 3.8) is 0 Å². The lowest BCUT2D eigenvalue weighted by Gasteiger charge is -2.36. The van der Waals surface area contributed by atoms with Gasteiger partial charge in [-0.3, -0.25) is 4.90 Å². The minimum absolute atomic E-state index is 0.507. The Labute approximate surface area is 190 Å². The van der Waals surface area contributed by atoms with Gasteiger partial charge in [0.2, 0.25) is 5.82 Å². The van der Waals surface area contributed by atoms with E-state index in [2.05, 4.69) is 54.7 Å². The second-order valence-electron chi connectivity index (χ2n) is 7.59. The van der Waals surface area contributed by atoms with E-state index >= 15 is 0 Å². The zero-order valence-corrected chi connectivity index (χ0v) is 18.7. The third-order valence-corrected chi connectivity index (χ3v) is 6.54. The van der Waals surface area contributed by atoms with Crippen molar-refractivity contribution in [2.45, 2.75) is 6.54 Å². The first-order valence-corrected chi connectivity index (χ1v) is 11.4. The molecule has 2 aromatic heterocycles. The minimum Gasteiger partial charge on any atom is -0.491 e. The molecule has 3 heterocycles. The first kappa shape index (κ1) is 20.8. The van der Waals surface area contributed by atoms with Gasteiger partial charge in [-0.15, -0.1) is 21.5 Å². The summed E-state index contributed by atoms with van der Waals surface area (Å²) in [6.07, 6.45) is 0. The molecule has 0 spiro atoms. The van der Waals surface area contributed by atoms with Gasteiger partial charge in [-0.25, -0.2) is 4.98 Å². The molecule has 1 aliphatic heterocycles. The number of ether oxygens (including phenoxy) is 2. The maximum atomic E-state index is 5.85. The van der Waals surface area contributed by atoms with Crippen LogP contribution < -0.4 is 9.64 Å². The van der Waals surface area contributed by atoms with Gasteiger partial charge < -0.3 is 14.4 Å². The Kier molecular flexibility index (Phi) is 6.24. The molecule has 0 aliphatic carbocycles.